The Morgan fingerprint density at radius 2 is 1.69 bits per heavy atom. The number of hydrogen-bond acceptors (Lipinski definition) is 3. The molecule has 1 saturated heterocycles. The zero-order chi connectivity index (χ0) is 21.5. The third-order valence-electron chi connectivity index (χ3n) is 6.08. The molecule has 2 heterocycles. The van der Waals surface area contributed by atoms with Crippen molar-refractivity contribution in [1.29, 1.82) is 0 Å². The number of hydrogen-bond donors (Lipinski definition) is 2. The molecule has 1 atom stereocenters. The fraction of sp³-hybridized carbons (Fsp3) is 0.423. The quantitative estimate of drug-likeness (QED) is 0.220. The van der Waals surface area contributed by atoms with Gasteiger partial charge in [-0.15, -0.1) is 24.0 Å². The number of aliphatic imine (C=N–C) groups is 1. The molecule has 5 nitrogen and oxygen atoms in total. The summed E-state index contributed by atoms with van der Waals surface area (Å²) in [5, 5.41) is 6.97. The number of nitrogens with zero attached hydrogens (tertiary/aromatic N) is 3. The second-order valence-electron chi connectivity index (χ2n) is 8.39. The average molecular weight is 546 g/mol. The Morgan fingerprint density at radius 1 is 0.969 bits per heavy atom. The summed E-state index contributed by atoms with van der Waals surface area (Å²) in [4.78, 5) is 9.68. The van der Waals surface area contributed by atoms with Gasteiger partial charge in [0.2, 0.25) is 0 Å². The first-order valence-corrected chi connectivity index (χ1v) is 11.6. The fourth-order valence-corrected chi connectivity index (χ4v) is 4.25. The third-order valence-corrected chi connectivity index (χ3v) is 6.08. The zero-order valence-corrected chi connectivity index (χ0v) is 21.6. The fourth-order valence-electron chi connectivity index (χ4n) is 4.25. The van der Waals surface area contributed by atoms with Gasteiger partial charge >= 0.3 is 0 Å². The van der Waals surface area contributed by atoms with Gasteiger partial charge in [0.05, 0.1) is 12.6 Å². The van der Waals surface area contributed by atoms with Crippen molar-refractivity contribution in [1.82, 2.24) is 10.6 Å². The van der Waals surface area contributed by atoms with Gasteiger partial charge in [0.25, 0.3) is 0 Å². The van der Waals surface area contributed by atoms with Crippen LogP contribution < -0.4 is 20.4 Å². The Bertz CT molecular complexity index is 895. The number of guanidine groups is 1. The number of nitrogens with one attached hydrogen (secondary N) is 2. The van der Waals surface area contributed by atoms with Gasteiger partial charge in [0, 0.05) is 44.1 Å². The van der Waals surface area contributed by atoms with Crippen LogP contribution in [0.1, 0.15) is 43.9 Å². The van der Waals surface area contributed by atoms with Crippen LogP contribution in [0.25, 0.3) is 0 Å². The van der Waals surface area contributed by atoms with E-state index in [1.54, 1.807) is 0 Å². The summed E-state index contributed by atoms with van der Waals surface area (Å²) in [5.41, 5.74) is 5.11. The predicted molar refractivity (Wildman–Crippen MR) is 147 cm³/mol. The molecule has 0 aliphatic carbocycles. The topological polar surface area (TPSA) is 42.9 Å². The molecule has 4 rings (SSSR count). The second-order valence-corrected chi connectivity index (χ2v) is 8.39. The molecule has 2 aromatic carbocycles. The van der Waals surface area contributed by atoms with Crippen molar-refractivity contribution in [3.8, 4) is 0 Å². The SMILES string of the molecule is CCNC(=NCc1ccc(N2CC=CC2)cc1)NC(C)c1cccc(N2CCCC2)c1.I. The van der Waals surface area contributed by atoms with Gasteiger partial charge in [-0.1, -0.05) is 36.4 Å². The molecule has 2 aromatic rings. The smallest absolute Gasteiger partial charge is 0.192 e. The molecule has 2 aliphatic heterocycles. The van der Waals surface area contributed by atoms with Crippen molar-refractivity contribution in [3.63, 3.8) is 0 Å². The number of rotatable bonds is 7. The van der Waals surface area contributed by atoms with Gasteiger partial charge < -0.3 is 20.4 Å². The number of halogens is 1. The van der Waals surface area contributed by atoms with E-state index in [0.29, 0.717) is 6.54 Å². The van der Waals surface area contributed by atoms with E-state index in [1.165, 1.54) is 48.4 Å². The highest BCUT2D eigenvalue weighted by Crippen LogP contribution is 2.24. The van der Waals surface area contributed by atoms with Crippen LogP contribution >= 0.6 is 24.0 Å². The lowest BCUT2D eigenvalue weighted by molar-refractivity contribution is 0.686. The monoisotopic (exact) mass is 545 g/mol. The van der Waals surface area contributed by atoms with E-state index in [0.717, 1.165) is 25.6 Å². The normalized spacial score (nSPS) is 16.8. The highest BCUT2D eigenvalue weighted by atomic mass is 127. The molecule has 6 heteroatoms. The number of benzene rings is 2. The van der Waals surface area contributed by atoms with Gasteiger partial charge in [-0.3, -0.25) is 0 Å². The maximum atomic E-state index is 4.83. The standard InChI is InChI=1S/C26H35N5.HI/c1-3-27-26(28-20-22-11-13-24(14-12-22)30-15-4-5-16-30)29-21(2)23-9-8-10-25(19-23)31-17-6-7-18-31;/h4-5,8-14,19,21H,3,6-7,15-18,20H2,1-2H3,(H2,27,28,29);1H. The van der Waals surface area contributed by atoms with E-state index in [9.17, 15) is 0 Å². The van der Waals surface area contributed by atoms with Crippen LogP contribution in [0.2, 0.25) is 0 Å². The summed E-state index contributed by atoms with van der Waals surface area (Å²) in [5.74, 6) is 0.856. The molecule has 0 radical (unpaired) electrons. The molecule has 1 unspecified atom stereocenters. The molecular weight excluding hydrogens is 509 g/mol. The van der Waals surface area contributed by atoms with Gasteiger partial charge in [0.15, 0.2) is 5.96 Å². The zero-order valence-electron chi connectivity index (χ0n) is 19.3. The summed E-state index contributed by atoms with van der Waals surface area (Å²) in [6, 6.07) is 17.9. The first-order chi connectivity index (χ1) is 15.2. The maximum Gasteiger partial charge on any atom is 0.192 e. The first-order valence-electron chi connectivity index (χ1n) is 11.6. The first kappa shape index (κ1) is 24.4. The lowest BCUT2D eigenvalue weighted by atomic mass is 10.1. The van der Waals surface area contributed by atoms with Crippen molar-refractivity contribution in [2.24, 2.45) is 4.99 Å². The lowest BCUT2D eigenvalue weighted by Crippen LogP contribution is -2.38. The minimum absolute atomic E-state index is 0. The highest BCUT2D eigenvalue weighted by Gasteiger charge is 2.14. The second kappa shape index (κ2) is 12.1. The van der Waals surface area contributed by atoms with Crippen LogP contribution in [0.3, 0.4) is 0 Å². The molecule has 2 N–H and O–H groups in total. The van der Waals surface area contributed by atoms with E-state index >= 15 is 0 Å². The van der Waals surface area contributed by atoms with Crippen LogP contribution in [-0.4, -0.2) is 38.7 Å². The predicted octanol–water partition coefficient (Wildman–Crippen LogP) is 5.10. The van der Waals surface area contributed by atoms with Gasteiger partial charge in [-0.05, 0) is 62.1 Å². The molecule has 0 bridgehead atoms. The minimum Gasteiger partial charge on any atom is -0.372 e. The summed E-state index contributed by atoms with van der Waals surface area (Å²) in [6.45, 7) is 10.2. The molecule has 0 aromatic heterocycles. The highest BCUT2D eigenvalue weighted by molar-refractivity contribution is 14.0. The molecule has 2 aliphatic rings. The molecular formula is C26H36IN5. The molecule has 172 valence electrons. The summed E-state index contributed by atoms with van der Waals surface area (Å²) in [6.07, 6.45) is 7.03. The molecule has 0 amide bonds. The minimum atomic E-state index is 0. The largest absolute Gasteiger partial charge is 0.372 e. The van der Waals surface area contributed by atoms with Crippen LogP contribution in [0.15, 0.2) is 65.7 Å². The van der Waals surface area contributed by atoms with Crippen molar-refractivity contribution in [2.75, 3.05) is 42.5 Å². The van der Waals surface area contributed by atoms with E-state index in [2.05, 4.69) is 95.0 Å². The van der Waals surface area contributed by atoms with Crippen LogP contribution in [0.4, 0.5) is 11.4 Å². The van der Waals surface area contributed by atoms with E-state index in [1.807, 2.05) is 0 Å². The Kier molecular flexibility index (Phi) is 9.26. The summed E-state index contributed by atoms with van der Waals surface area (Å²) in [7, 11) is 0. The average Bonchev–Trinajstić information content (AvgIpc) is 3.53. The molecule has 32 heavy (non-hydrogen) atoms. The van der Waals surface area contributed by atoms with E-state index in [4.69, 9.17) is 4.99 Å². The van der Waals surface area contributed by atoms with Gasteiger partial charge in [-0.2, -0.15) is 0 Å². The van der Waals surface area contributed by atoms with Crippen molar-refractivity contribution < 1.29 is 0 Å². The Hall–Kier alpha value is -2.22. The third kappa shape index (κ3) is 6.40. The van der Waals surface area contributed by atoms with Crippen LogP contribution in [0, 0.1) is 0 Å². The van der Waals surface area contributed by atoms with Crippen LogP contribution in [-0.2, 0) is 6.54 Å². The van der Waals surface area contributed by atoms with Crippen molar-refractivity contribution in [3.05, 3.63) is 71.8 Å². The summed E-state index contributed by atoms with van der Waals surface area (Å²) >= 11 is 0. The Balaban J connectivity index is 0.00000289. The Labute approximate surface area is 210 Å². The lowest BCUT2D eigenvalue weighted by Gasteiger charge is -2.22. The van der Waals surface area contributed by atoms with Gasteiger partial charge in [-0.25, -0.2) is 4.99 Å². The summed E-state index contributed by atoms with van der Waals surface area (Å²) < 4.78 is 0. The number of anilines is 2. The van der Waals surface area contributed by atoms with Gasteiger partial charge in [0.1, 0.15) is 0 Å². The van der Waals surface area contributed by atoms with E-state index < -0.39 is 0 Å². The maximum absolute atomic E-state index is 4.83. The molecule has 0 saturated carbocycles. The van der Waals surface area contributed by atoms with Crippen molar-refractivity contribution >= 4 is 41.3 Å². The molecule has 1 fully saturated rings. The van der Waals surface area contributed by atoms with E-state index in [-0.39, 0.29) is 30.0 Å². The van der Waals surface area contributed by atoms with Crippen molar-refractivity contribution in [2.45, 2.75) is 39.3 Å². The Morgan fingerprint density at radius 3 is 2.38 bits per heavy atom. The van der Waals surface area contributed by atoms with Crippen LogP contribution in [0.5, 0.6) is 0 Å². The molecule has 0 spiro atoms.